The number of rotatable bonds is 10. The van der Waals surface area contributed by atoms with Crippen LogP contribution in [-0.4, -0.2) is 68.5 Å². The Morgan fingerprint density at radius 1 is 1.32 bits per heavy atom. The highest BCUT2D eigenvalue weighted by Crippen LogP contribution is 2.20. The van der Waals surface area contributed by atoms with Crippen molar-refractivity contribution >= 4 is 18.1 Å². The number of aldehydes is 1. The van der Waals surface area contributed by atoms with Gasteiger partial charge in [0.2, 0.25) is 0 Å². The maximum absolute atomic E-state index is 11.4. The molecule has 0 atom stereocenters. The van der Waals surface area contributed by atoms with Crippen LogP contribution in [0.1, 0.15) is 56.7 Å². The molecule has 2 aliphatic rings. The highest BCUT2D eigenvalue weighted by atomic mass is 16.5. The lowest BCUT2D eigenvalue weighted by atomic mass is 9.99. The minimum atomic E-state index is -0.141. The molecule has 2 N–H and O–H groups in total. The van der Waals surface area contributed by atoms with Gasteiger partial charge in [-0.3, -0.25) is 9.69 Å². The van der Waals surface area contributed by atoms with E-state index in [-0.39, 0.29) is 11.9 Å². The molecule has 1 aromatic heterocycles. The zero-order chi connectivity index (χ0) is 22.3. The Morgan fingerprint density at radius 3 is 2.84 bits per heavy atom. The van der Waals surface area contributed by atoms with Crippen LogP contribution in [0.4, 0.5) is 5.82 Å². The van der Waals surface area contributed by atoms with Crippen molar-refractivity contribution in [2.45, 2.75) is 58.3 Å². The molecule has 1 saturated heterocycles. The van der Waals surface area contributed by atoms with Gasteiger partial charge in [0, 0.05) is 18.2 Å². The van der Waals surface area contributed by atoms with E-state index in [1.54, 1.807) is 0 Å². The summed E-state index contributed by atoms with van der Waals surface area (Å²) < 4.78 is 5.09. The van der Waals surface area contributed by atoms with Crippen molar-refractivity contribution < 1.29 is 14.3 Å². The number of fused-ring (bicyclic) bond motifs is 1. The van der Waals surface area contributed by atoms with Gasteiger partial charge in [-0.15, -0.1) is 0 Å². The van der Waals surface area contributed by atoms with E-state index in [0.717, 1.165) is 76.8 Å². The molecular formula is C24H40N4O3. The molecule has 0 spiro atoms. The molecule has 7 nitrogen and oxygen atoms in total. The summed E-state index contributed by atoms with van der Waals surface area (Å²) in [5, 5.41) is 6.52. The van der Waals surface area contributed by atoms with Gasteiger partial charge in [-0.2, -0.15) is 0 Å². The van der Waals surface area contributed by atoms with E-state index in [1.165, 1.54) is 24.1 Å². The minimum absolute atomic E-state index is 0.141. The zero-order valence-corrected chi connectivity index (χ0v) is 19.3. The average Bonchev–Trinajstić information content (AvgIpc) is 2.80. The van der Waals surface area contributed by atoms with Crippen LogP contribution in [0.15, 0.2) is 12.1 Å². The lowest BCUT2D eigenvalue weighted by Crippen LogP contribution is -2.38. The van der Waals surface area contributed by atoms with Crippen LogP contribution in [0, 0.1) is 5.92 Å². The summed E-state index contributed by atoms with van der Waals surface area (Å²) in [4.78, 5) is 28.7. The molecule has 0 aliphatic carbocycles. The van der Waals surface area contributed by atoms with E-state index < -0.39 is 0 Å². The van der Waals surface area contributed by atoms with Crippen molar-refractivity contribution in [3.05, 3.63) is 23.4 Å². The summed E-state index contributed by atoms with van der Waals surface area (Å²) in [6.45, 7) is 6.75. The summed E-state index contributed by atoms with van der Waals surface area (Å²) in [5.74, 6) is 1.16. The Balaban J connectivity index is 0.000000220. The minimum Gasteiger partial charge on any atom is -0.465 e. The van der Waals surface area contributed by atoms with Gasteiger partial charge < -0.3 is 20.2 Å². The van der Waals surface area contributed by atoms with Gasteiger partial charge in [-0.05, 0) is 83.3 Å². The van der Waals surface area contributed by atoms with Crippen molar-refractivity contribution in [2.24, 2.45) is 5.92 Å². The predicted molar refractivity (Wildman–Crippen MR) is 124 cm³/mol. The smallest absolute Gasteiger partial charge is 0.320 e. The van der Waals surface area contributed by atoms with Crippen LogP contribution in [0.25, 0.3) is 0 Å². The van der Waals surface area contributed by atoms with Gasteiger partial charge in [0.05, 0.1) is 13.2 Å². The van der Waals surface area contributed by atoms with E-state index in [2.05, 4.69) is 39.6 Å². The number of esters is 1. The molecule has 0 amide bonds. The highest BCUT2D eigenvalue weighted by molar-refractivity contribution is 5.71. The molecule has 31 heavy (non-hydrogen) atoms. The number of carbonyl (C=O) groups is 2. The molecule has 1 aromatic rings. The number of hydrogen-bond donors (Lipinski definition) is 2. The zero-order valence-electron chi connectivity index (χ0n) is 19.3. The number of aromatic nitrogens is 1. The SMILES string of the molecule is CCCCOC(=O)CN1CCC(C=O)CC1.CNCCCc1ccc2c(n1)NCCC2. The quantitative estimate of drug-likeness (QED) is 0.334. The fourth-order valence-corrected chi connectivity index (χ4v) is 3.76. The molecule has 2 aliphatic heterocycles. The summed E-state index contributed by atoms with van der Waals surface area (Å²) in [6.07, 6.45) is 9.35. The molecule has 3 rings (SSSR count). The first-order chi connectivity index (χ1) is 15.2. The maximum atomic E-state index is 11.4. The van der Waals surface area contributed by atoms with Crippen molar-refractivity contribution in [1.29, 1.82) is 0 Å². The fraction of sp³-hybridized carbons (Fsp3) is 0.708. The van der Waals surface area contributed by atoms with Gasteiger partial charge in [0.15, 0.2) is 0 Å². The normalized spacial score (nSPS) is 16.5. The summed E-state index contributed by atoms with van der Waals surface area (Å²) in [6, 6.07) is 4.39. The second kappa shape index (κ2) is 14.9. The number of pyridine rings is 1. The Bertz CT molecular complexity index is 660. The number of likely N-dealkylation sites (tertiary alicyclic amines) is 1. The number of nitrogens with zero attached hydrogens (tertiary/aromatic N) is 2. The largest absolute Gasteiger partial charge is 0.465 e. The van der Waals surface area contributed by atoms with Crippen LogP contribution < -0.4 is 10.6 Å². The number of carbonyl (C=O) groups excluding carboxylic acids is 2. The van der Waals surface area contributed by atoms with E-state index in [1.807, 2.05) is 7.05 Å². The molecule has 3 heterocycles. The van der Waals surface area contributed by atoms with Gasteiger partial charge in [0.1, 0.15) is 12.1 Å². The molecule has 7 heteroatoms. The second-order valence-corrected chi connectivity index (χ2v) is 8.37. The molecular weight excluding hydrogens is 392 g/mol. The summed E-state index contributed by atoms with van der Waals surface area (Å²) in [5.41, 5.74) is 2.58. The average molecular weight is 433 g/mol. The molecule has 0 saturated carbocycles. The fourth-order valence-electron chi connectivity index (χ4n) is 3.76. The molecule has 1 fully saturated rings. The Morgan fingerprint density at radius 2 is 2.13 bits per heavy atom. The van der Waals surface area contributed by atoms with Crippen molar-refractivity contribution in [1.82, 2.24) is 15.2 Å². The maximum Gasteiger partial charge on any atom is 0.320 e. The third kappa shape index (κ3) is 9.78. The van der Waals surface area contributed by atoms with Crippen LogP contribution in [-0.2, 0) is 27.2 Å². The van der Waals surface area contributed by atoms with E-state index in [9.17, 15) is 9.59 Å². The Kier molecular flexibility index (Phi) is 12.2. The Hall–Kier alpha value is -1.99. The van der Waals surface area contributed by atoms with Crippen molar-refractivity contribution in [2.75, 3.05) is 51.7 Å². The number of hydrogen-bond acceptors (Lipinski definition) is 7. The van der Waals surface area contributed by atoms with Crippen LogP contribution in [0.2, 0.25) is 0 Å². The van der Waals surface area contributed by atoms with Crippen molar-refractivity contribution in [3.8, 4) is 0 Å². The molecule has 0 unspecified atom stereocenters. The third-order valence-electron chi connectivity index (χ3n) is 5.75. The standard InChI is InChI=1S/C12H19N3.C12H21NO3/c1-13-8-3-5-11-7-6-10-4-2-9-14-12(10)15-11;1-2-3-8-16-12(15)9-13-6-4-11(10-14)5-7-13/h6-7,13H,2-5,8-9H2,1H3,(H,14,15);10-11H,2-9H2,1H3. The van der Waals surface area contributed by atoms with E-state index in [4.69, 9.17) is 4.74 Å². The monoisotopic (exact) mass is 432 g/mol. The summed E-state index contributed by atoms with van der Waals surface area (Å²) in [7, 11) is 1.99. The molecule has 0 aromatic carbocycles. The van der Waals surface area contributed by atoms with Crippen LogP contribution in [0.3, 0.4) is 0 Å². The first-order valence-corrected chi connectivity index (χ1v) is 11.9. The second-order valence-electron chi connectivity index (χ2n) is 8.37. The lowest BCUT2D eigenvalue weighted by Gasteiger charge is -2.28. The first-order valence-electron chi connectivity index (χ1n) is 11.9. The number of piperidine rings is 1. The van der Waals surface area contributed by atoms with Crippen molar-refractivity contribution in [3.63, 3.8) is 0 Å². The predicted octanol–water partition coefficient (Wildman–Crippen LogP) is 2.83. The topological polar surface area (TPSA) is 83.6 Å². The number of anilines is 1. The van der Waals surface area contributed by atoms with Gasteiger partial charge >= 0.3 is 5.97 Å². The Labute approximate surface area is 187 Å². The number of aryl methyl sites for hydroxylation is 2. The van der Waals surface area contributed by atoms with Crippen LogP contribution in [0.5, 0.6) is 0 Å². The molecule has 0 bridgehead atoms. The summed E-state index contributed by atoms with van der Waals surface area (Å²) >= 11 is 0. The van der Waals surface area contributed by atoms with E-state index in [0.29, 0.717) is 13.2 Å². The number of unbranched alkanes of at least 4 members (excludes halogenated alkanes) is 1. The van der Waals surface area contributed by atoms with Gasteiger partial charge in [-0.25, -0.2) is 4.98 Å². The number of nitrogens with one attached hydrogen (secondary N) is 2. The third-order valence-corrected chi connectivity index (χ3v) is 5.75. The highest BCUT2D eigenvalue weighted by Gasteiger charge is 2.20. The van der Waals surface area contributed by atoms with E-state index >= 15 is 0 Å². The lowest BCUT2D eigenvalue weighted by molar-refractivity contribution is -0.145. The van der Waals surface area contributed by atoms with Crippen LogP contribution >= 0.6 is 0 Å². The number of ether oxygens (including phenoxy) is 1. The molecule has 0 radical (unpaired) electrons. The molecule has 174 valence electrons. The van der Waals surface area contributed by atoms with Gasteiger partial charge in [-0.1, -0.05) is 19.4 Å². The van der Waals surface area contributed by atoms with Gasteiger partial charge in [0.25, 0.3) is 0 Å². The first kappa shape index (κ1) is 25.3.